The average Bonchev–Trinajstić information content (AvgIpc) is 3.38. The van der Waals surface area contributed by atoms with Gasteiger partial charge < -0.3 is 9.80 Å². The molecule has 2 aliphatic heterocycles. The number of nitriles is 1. The molecule has 2 heterocycles. The van der Waals surface area contributed by atoms with Crippen molar-refractivity contribution in [2.75, 3.05) is 18.2 Å². The molecule has 2 fully saturated rings. The molecule has 2 amide bonds. The van der Waals surface area contributed by atoms with Crippen LogP contribution in [0.15, 0.2) is 29.8 Å². The van der Waals surface area contributed by atoms with Crippen LogP contribution < -0.4 is 0 Å². The van der Waals surface area contributed by atoms with Gasteiger partial charge in [-0.3, -0.25) is 9.59 Å². The maximum absolute atomic E-state index is 13.0. The first-order chi connectivity index (χ1) is 12.2. The van der Waals surface area contributed by atoms with Gasteiger partial charge in [-0.15, -0.1) is 11.8 Å². The summed E-state index contributed by atoms with van der Waals surface area (Å²) in [6.07, 6.45) is 4.10. The van der Waals surface area contributed by atoms with Gasteiger partial charge in [0, 0.05) is 24.3 Å². The molecule has 1 aromatic rings. The van der Waals surface area contributed by atoms with Crippen LogP contribution in [0.25, 0.3) is 6.08 Å². The van der Waals surface area contributed by atoms with Gasteiger partial charge in [-0.1, -0.05) is 24.3 Å². The van der Waals surface area contributed by atoms with Gasteiger partial charge in [0.15, 0.2) is 0 Å². The molecule has 0 aromatic heterocycles. The minimum atomic E-state index is -0.424. The fourth-order valence-electron chi connectivity index (χ4n) is 3.83. The fraction of sp³-hybridized carbons (Fsp3) is 0.421. The van der Waals surface area contributed by atoms with Gasteiger partial charge in [-0.2, -0.15) is 5.26 Å². The van der Waals surface area contributed by atoms with E-state index in [-0.39, 0.29) is 17.9 Å². The summed E-state index contributed by atoms with van der Waals surface area (Å²) < 4.78 is 0. The second-order valence-electron chi connectivity index (χ2n) is 6.65. The van der Waals surface area contributed by atoms with Gasteiger partial charge in [-0.05, 0) is 30.0 Å². The summed E-state index contributed by atoms with van der Waals surface area (Å²) in [4.78, 5) is 29.3. The zero-order chi connectivity index (χ0) is 17.4. The molecule has 1 aliphatic carbocycles. The first kappa shape index (κ1) is 16.2. The molecule has 6 heteroatoms. The number of amides is 2. The highest BCUT2D eigenvalue weighted by molar-refractivity contribution is 7.99. The molecule has 0 spiro atoms. The number of fused-ring (bicyclic) bond motifs is 1. The highest BCUT2D eigenvalue weighted by atomic mass is 32.2. The lowest BCUT2D eigenvalue weighted by molar-refractivity contribution is -0.141. The van der Waals surface area contributed by atoms with Crippen molar-refractivity contribution in [1.29, 1.82) is 5.26 Å². The Morgan fingerprint density at radius 3 is 2.88 bits per heavy atom. The van der Waals surface area contributed by atoms with Crippen LogP contribution in [0.2, 0.25) is 0 Å². The fourth-order valence-corrected chi connectivity index (χ4v) is 4.91. The van der Waals surface area contributed by atoms with Crippen molar-refractivity contribution in [1.82, 2.24) is 9.80 Å². The van der Waals surface area contributed by atoms with Crippen LogP contribution in [0.1, 0.15) is 24.0 Å². The van der Waals surface area contributed by atoms with Crippen molar-refractivity contribution in [2.45, 2.75) is 31.3 Å². The highest BCUT2D eigenvalue weighted by Crippen LogP contribution is 2.30. The molecule has 2 saturated heterocycles. The highest BCUT2D eigenvalue weighted by Gasteiger charge is 2.41. The third-order valence-corrected chi connectivity index (χ3v) is 6.17. The van der Waals surface area contributed by atoms with Crippen LogP contribution in [-0.4, -0.2) is 51.9 Å². The van der Waals surface area contributed by atoms with Gasteiger partial charge in [0.25, 0.3) is 5.91 Å². The minimum Gasteiger partial charge on any atom is -0.327 e. The number of hydrogen-bond acceptors (Lipinski definition) is 4. The Morgan fingerprint density at radius 1 is 1.24 bits per heavy atom. The molecule has 0 N–H and O–H groups in total. The summed E-state index contributed by atoms with van der Waals surface area (Å²) in [5, 5.41) is 9.23. The number of carbonyl (C=O) groups excluding carboxylic acids is 2. The molecule has 4 rings (SSSR count). The predicted octanol–water partition coefficient (Wildman–Crippen LogP) is 2.04. The van der Waals surface area contributed by atoms with Crippen molar-refractivity contribution < 1.29 is 9.59 Å². The van der Waals surface area contributed by atoms with Crippen LogP contribution in [0, 0.1) is 11.3 Å². The summed E-state index contributed by atoms with van der Waals surface area (Å²) in [5.41, 5.74) is 3.01. The van der Waals surface area contributed by atoms with Crippen molar-refractivity contribution in [2.24, 2.45) is 0 Å². The smallest absolute Gasteiger partial charge is 0.250 e. The summed E-state index contributed by atoms with van der Waals surface area (Å²) in [7, 11) is 0. The quantitative estimate of drug-likeness (QED) is 0.816. The van der Waals surface area contributed by atoms with Crippen LogP contribution in [0.5, 0.6) is 0 Å². The Bertz CT molecular complexity index is 798. The van der Waals surface area contributed by atoms with Gasteiger partial charge in [0.2, 0.25) is 5.91 Å². The molecule has 5 nitrogen and oxygen atoms in total. The Hall–Kier alpha value is -2.26. The normalized spacial score (nSPS) is 24.8. The molecule has 128 valence electrons. The first-order valence-corrected chi connectivity index (χ1v) is 9.72. The topological polar surface area (TPSA) is 64.4 Å². The molecule has 2 atom stereocenters. The zero-order valence-corrected chi connectivity index (χ0v) is 14.7. The Kier molecular flexibility index (Phi) is 4.26. The molecule has 0 unspecified atom stereocenters. The Labute approximate surface area is 151 Å². The zero-order valence-electron chi connectivity index (χ0n) is 13.9. The van der Waals surface area contributed by atoms with Gasteiger partial charge in [0.05, 0.1) is 11.9 Å². The number of hydrogen-bond donors (Lipinski definition) is 0. The van der Waals surface area contributed by atoms with E-state index >= 15 is 0 Å². The van der Waals surface area contributed by atoms with Gasteiger partial charge in [0.1, 0.15) is 12.1 Å². The maximum atomic E-state index is 13.0. The number of nitrogens with zero attached hydrogens (tertiary/aromatic N) is 3. The number of benzene rings is 1. The van der Waals surface area contributed by atoms with E-state index in [0.29, 0.717) is 31.0 Å². The lowest BCUT2D eigenvalue weighted by Gasteiger charge is -2.29. The number of likely N-dealkylation sites (tertiary alicyclic amines) is 1. The van der Waals surface area contributed by atoms with E-state index in [1.54, 1.807) is 21.6 Å². The minimum absolute atomic E-state index is 0.0348. The molecular formula is C19H19N3O2S. The SMILES string of the molecule is N#C[C@@H]1CSCN1C(=O)[C@H]1CCCN1C(=O)C1=Cc2ccccc2C1. The van der Waals surface area contributed by atoms with E-state index < -0.39 is 6.04 Å². The Balaban J connectivity index is 1.51. The molecule has 3 aliphatic rings. The molecule has 0 saturated carbocycles. The lowest BCUT2D eigenvalue weighted by Crippen LogP contribution is -2.49. The van der Waals surface area contributed by atoms with Crippen LogP contribution >= 0.6 is 11.8 Å². The number of rotatable bonds is 2. The molecule has 25 heavy (non-hydrogen) atoms. The second-order valence-corrected chi connectivity index (χ2v) is 7.65. The van der Waals surface area contributed by atoms with E-state index in [9.17, 15) is 14.9 Å². The van der Waals surface area contributed by atoms with Crippen LogP contribution in [0.3, 0.4) is 0 Å². The van der Waals surface area contributed by atoms with Crippen molar-refractivity contribution >= 4 is 29.7 Å². The average molecular weight is 353 g/mol. The van der Waals surface area contributed by atoms with E-state index in [1.807, 2.05) is 30.3 Å². The first-order valence-electron chi connectivity index (χ1n) is 8.56. The van der Waals surface area contributed by atoms with E-state index in [1.165, 1.54) is 0 Å². The van der Waals surface area contributed by atoms with Crippen molar-refractivity contribution in [3.05, 3.63) is 41.0 Å². The van der Waals surface area contributed by atoms with Crippen molar-refractivity contribution in [3.8, 4) is 6.07 Å². The van der Waals surface area contributed by atoms with Gasteiger partial charge >= 0.3 is 0 Å². The van der Waals surface area contributed by atoms with Crippen LogP contribution in [0.4, 0.5) is 0 Å². The van der Waals surface area contributed by atoms with E-state index in [4.69, 9.17) is 0 Å². The summed E-state index contributed by atoms with van der Waals surface area (Å²) >= 11 is 1.60. The number of carbonyl (C=O) groups is 2. The second kappa shape index (κ2) is 6.57. The molecule has 0 radical (unpaired) electrons. The third-order valence-electron chi connectivity index (χ3n) is 5.15. The maximum Gasteiger partial charge on any atom is 0.250 e. The van der Waals surface area contributed by atoms with Crippen LogP contribution in [-0.2, 0) is 16.0 Å². The van der Waals surface area contributed by atoms with E-state index in [2.05, 4.69) is 6.07 Å². The summed E-state index contributed by atoms with van der Waals surface area (Å²) in [6, 6.07) is 9.41. The predicted molar refractivity (Wildman–Crippen MR) is 96.4 cm³/mol. The monoisotopic (exact) mass is 353 g/mol. The Morgan fingerprint density at radius 2 is 2.08 bits per heavy atom. The summed E-state index contributed by atoms with van der Waals surface area (Å²) in [5.74, 6) is 1.10. The molecule has 1 aromatic carbocycles. The largest absolute Gasteiger partial charge is 0.327 e. The molecular weight excluding hydrogens is 334 g/mol. The van der Waals surface area contributed by atoms with E-state index in [0.717, 1.165) is 23.1 Å². The molecule has 0 bridgehead atoms. The summed E-state index contributed by atoms with van der Waals surface area (Å²) in [6.45, 7) is 0.612. The van der Waals surface area contributed by atoms with Crippen molar-refractivity contribution in [3.63, 3.8) is 0 Å². The lowest BCUT2D eigenvalue weighted by atomic mass is 10.1. The number of thioether (sulfide) groups is 1. The third kappa shape index (κ3) is 2.83. The standard InChI is InChI=1S/C19H19N3O2S/c20-10-16-11-25-12-22(16)19(24)17-6-3-7-21(17)18(23)15-8-13-4-1-2-5-14(13)9-15/h1-2,4-5,8,16-17H,3,6-7,9,11-12H2/t16-,17-/m1/s1. The van der Waals surface area contributed by atoms with Gasteiger partial charge in [-0.25, -0.2) is 0 Å².